The largest absolute Gasteiger partial charge is 0.462 e. The summed E-state index contributed by atoms with van der Waals surface area (Å²) in [5.74, 6) is 2.38. The van der Waals surface area contributed by atoms with Crippen molar-refractivity contribution >= 4 is 11.9 Å². The van der Waals surface area contributed by atoms with Gasteiger partial charge in [0.05, 0.1) is 0 Å². The van der Waals surface area contributed by atoms with Crippen molar-refractivity contribution in [1.29, 1.82) is 0 Å². The summed E-state index contributed by atoms with van der Waals surface area (Å²) in [5.41, 5.74) is 5.28. The van der Waals surface area contributed by atoms with Gasteiger partial charge in [-0.05, 0) is 89.8 Å². The van der Waals surface area contributed by atoms with Crippen molar-refractivity contribution in [2.75, 3.05) is 27.2 Å². The first-order chi connectivity index (χ1) is 20.2. The van der Waals surface area contributed by atoms with E-state index in [4.69, 9.17) is 15.2 Å². The van der Waals surface area contributed by atoms with Crippen LogP contribution in [0.2, 0.25) is 0 Å². The van der Waals surface area contributed by atoms with Gasteiger partial charge in [-0.1, -0.05) is 111 Å². The highest BCUT2D eigenvalue weighted by Crippen LogP contribution is 2.28. The highest BCUT2D eigenvalue weighted by molar-refractivity contribution is 5.80. The molecule has 0 aliphatic rings. The van der Waals surface area contributed by atoms with Gasteiger partial charge < -0.3 is 20.1 Å². The van der Waals surface area contributed by atoms with Crippen LogP contribution >= 0.6 is 0 Å². The van der Waals surface area contributed by atoms with E-state index in [0.29, 0.717) is 18.8 Å². The van der Waals surface area contributed by atoms with Crippen LogP contribution in [0.4, 0.5) is 0 Å². The number of carbonyl (C=O) groups is 2. The van der Waals surface area contributed by atoms with E-state index in [1.165, 1.54) is 57.8 Å². The number of allylic oxidation sites excluding steroid dienone is 1. The van der Waals surface area contributed by atoms with Crippen LogP contribution in [-0.4, -0.2) is 55.7 Å². The zero-order valence-electron chi connectivity index (χ0n) is 30.1. The second-order valence-electron chi connectivity index (χ2n) is 14.8. The molecule has 0 rings (SSSR count). The Morgan fingerprint density at radius 3 is 1.79 bits per heavy atom. The van der Waals surface area contributed by atoms with Gasteiger partial charge in [0.1, 0.15) is 18.2 Å². The second kappa shape index (κ2) is 23.9. The fourth-order valence-electron chi connectivity index (χ4n) is 5.88. The quantitative estimate of drug-likeness (QED) is 0.0780. The van der Waals surface area contributed by atoms with Crippen LogP contribution in [-0.2, 0) is 19.1 Å². The Morgan fingerprint density at radius 1 is 0.791 bits per heavy atom. The number of nitrogens with zero attached hydrogens (tertiary/aromatic N) is 1. The van der Waals surface area contributed by atoms with Crippen molar-refractivity contribution in [3.63, 3.8) is 0 Å². The standard InChI is InChI=1S/C37H72N2O4/c1-11-12-27-42-36(41)37(8,38)28-33(7)34(43-35(40)23-16-26-39(9)10)25-24-32(6)22-15-21-31(5)20-14-19-30(4)18-13-17-29(2)3/h11-12,29-34H,13-28,38H2,1-10H3/b12-11+. The molecule has 0 saturated heterocycles. The molecule has 254 valence electrons. The Hall–Kier alpha value is -1.40. The smallest absolute Gasteiger partial charge is 0.326 e. The number of carbonyl (C=O) groups excluding carboxylic acids is 2. The number of rotatable bonds is 26. The first kappa shape index (κ1) is 41.6. The molecule has 0 bridgehead atoms. The lowest BCUT2D eigenvalue weighted by Crippen LogP contribution is -2.49. The third-order valence-electron chi connectivity index (χ3n) is 8.87. The van der Waals surface area contributed by atoms with E-state index in [2.05, 4.69) is 39.5 Å². The molecule has 2 N–H and O–H groups in total. The van der Waals surface area contributed by atoms with Crippen LogP contribution in [0.25, 0.3) is 0 Å². The van der Waals surface area contributed by atoms with Gasteiger partial charge in [0, 0.05) is 6.42 Å². The van der Waals surface area contributed by atoms with E-state index in [0.717, 1.165) is 43.6 Å². The Balaban J connectivity index is 4.77. The first-order valence-corrected chi connectivity index (χ1v) is 17.6. The maximum Gasteiger partial charge on any atom is 0.326 e. The van der Waals surface area contributed by atoms with Crippen LogP contribution in [0.3, 0.4) is 0 Å². The summed E-state index contributed by atoms with van der Waals surface area (Å²) in [5, 5.41) is 0. The minimum Gasteiger partial charge on any atom is -0.462 e. The van der Waals surface area contributed by atoms with Gasteiger partial charge in [0.15, 0.2) is 0 Å². The summed E-state index contributed by atoms with van der Waals surface area (Å²) in [7, 11) is 4.01. The lowest BCUT2D eigenvalue weighted by atomic mass is 9.84. The number of ether oxygens (including phenoxy) is 2. The SMILES string of the molecule is C/C=C/COC(=O)C(C)(N)CC(C)C(CCC(C)CCCC(C)CCCC(C)CCCC(C)C)OC(=O)CCCN(C)C. The molecule has 0 fully saturated rings. The zero-order chi connectivity index (χ0) is 32.8. The van der Waals surface area contributed by atoms with Crippen molar-refractivity contribution in [2.24, 2.45) is 35.3 Å². The van der Waals surface area contributed by atoms with Gasteiger partial charge in [0.25, 0.3) is 0 Å². The van der Waals surface area contributed by atoms with Crippen molar-refractivity contribution in [3.05, 3.63) is 12.2 Å². The molecule has 0 aromatic heterocycles. The van der Waals surface area contributed by atoms with E-state index in [-0.39, 0.29) is 24.6 Å². The average Bonchev–Trinajstić information content (AvgIpc) is 2.90. The minimum atomic E-state index is -1.13. The van der Waals surface area contributed by atoms with Gasteiger partial charge in [-0.2, -0.15) is 0 Å². The number of nitrogens with two attached hydrogens (primary N) is 1. The zero-order valence-corrected chi connectivity index (χ0v) is 30.1. The third kappa shape index (κ3) is 22.7. The Kier molecular flexibility index (Phi) is 23.1. The first-order valence-electron chi connectivity index (χ1n) is 17.6. The molecule has 0 heterocycles. The van der Waals surface area contributed by atoms with Gasteiger partial charge in [-0.3, -0.25) is 9.59 Å². The molecule has 0 amide bonds. The Morgan fingerprint density at radius 2 is 1.30 bits per heavy atom. The molecule has 0 aliphatic heterocycles. The highest BCUT2D eigenvalue weighted by atomic mass is 16.5. The topological polar surface area (TPSA) is 81.9 Å². The molecule has 0 aromatic carbocycles. The lowest BCUT2D eigenvalue weighted by molar-refractivity contribution is -0.154. The van der Waals surface area contributed by atoms with Crippen LogP contribution in [0, 0.1) is 29.6 Å². The molecular weight excluding hydrogens is 536 g/mol. The number of hydrogen-bond donors (Lipinski definition) is 1. The monoisotopic (exact) mass is 609 g/mol. The molecule has 0 spiro atoms. The summed E-state index contributed by atoms with van der Waals surface area (Å²) < 4.78 is 11.4. The van der Waals surface area contributed by atoms with Crippen LogP contribution in [0.15, 0.2) is 12.2 Å². The molecule has 43 heavy (non-hydrogen) atoms. The molecule has 6 atom stereocenters. The summed E-state index contributed by atoms with van der Waals surface area (Å²) >= 11 is 0. The number of hydrogen-bond acceptors (Lipinski definition) is 6. The van der Waals surface area contributed by atoms with Gasteiger partial charge in [-0.15, -0.1) is 0 Å². The fraction of sp³-hybridized carbons (Fsp3) is 0.892. The van der Waals surface area contributed by atoms with E-state index < -0.39 is 11.5 Å². The maximum atomic E-state index is 12.7. The van der Waals surface area contributed by atoms with Crippen molar-refractivity contribution in [2.45, 2.75) is 157 Å². The van der Waals surface area contributed by atoms with Gasteiger partial charge in [0.2, 0.25) is 0 Å². The van der Waals surface area contributed by atoms with Crippen molar-refractivity contribution < 1.29 is 19.1 Å². The summed E-state index contributed by atoms with van der Waals surface area (Å²) in [4.78, 5) is 27.4. The molecule has 0 aromatic rings. The second-order valence-corrected chi connectivity index (χ2v) is 14.8. The predicted octanol–water partition coefficient (Wildman–Crippen LogP) is 8.96. The van der Waals surface area contributed by atoms with Crippen LogP contribution < -0.4 is 5.73 Å². The van der Waals surface area contributed by atoms with Crippen molar-refractivity contribution in [1.82, 2.24) is 4.90 Å². The molecule has 0 saturated carbocycles. The highest BCUT2D eigenvalue weighted by Gasteiger charge is 2.35. The molecule has 6 unspecified atom stereocenters. The van der Waals surface area contributed by atoms with Crippen LogP contribution in [0.5, 0.6) is 0 Å². The summed E-state index contributed by atoms with van der Waals surface area (Å²) in [6, 6.07) is 0. The van der Waals surface area contributed by atoms with E-state index in [1.54, 1.807) is 13.0 Å². The molecular formula is C37H72N2O4. The summed E-state index contributed by atoms with van der Waals surface area (Å²) in [6.45, 7) is 18.5. The number of esters is 2. The lowest BCUT2D eigenvalue weighted by Gasteiger charge is -2.31. The average molecular weight is 609 g/mol. The van der Waals surface area contributed by atoms with Crippen molar-refractivity contribution in [3.8, 4) is 0 Å². The predicted molar refractivity (Wildman–Crippen MR) is 183 cm³/mol. The minimum absolute atomic E-state index is 0.0537. The van der Waals surface area contributed by atoms with E-state index >= 15 is 0 Å². The van der Waals surface area contributed by atoms with E-state index in [9.17, 15) is 9.59 Å². The normalized spacial score (nSPS) is 17.0. The molecule has 6 nitrogen and oxygen atoms in total. The fourth-order valence-corrected chi connectivity index (χ4v) is 5.88. The molecule has 6 heteroatoms. The Labute approximate surface area is 267 Å². The third-order valence-corrected chi connectivity index (χ3v) is 8.87. The van der Waals surface area contributed by atoms with E-state index in [1.807, 2.05) is 34.0 Å². The van der Waals surface area contributed by atoms with Gasteiger partial charge in [-0.25, -0.2) is 0 Å². The van der Waals surface area contributed by atoms with Gasteiger partial charge >= 0.3 is 11.9 Å². The summed E-state index contributed by atoms with van der Waals surface area (Å²) in [6.07, 6.45) is 18.6. The van der Waals surface area contributed by atoms with Crippen LogP contribution in [0.1, 0.15) is 145 Å². The Bertz CT molecular complexity index is 749. The maximum absolute atomic E-state index is 12.7. The molecule has 0 aliphatic carbocycles. The molecule has 0 radical (unpaired) electrons.